The Bertz CT molecular complexity index is 558. The van der Waals surface area contributed by atoms with E-state index in [9.17, 15) is 4.79 Å². The van der Waals surface area contributed by atoms with E-state index in [1.165, 1.54) is 11.2 Å². The summed E-state index contributed by atoms with van der Waals surface area (Å²) in [7, 11) is 1.72. The van der Waals surface area contributed by atoms with E-state index >= 15 is 0 Å². The third-order valence-corrected chi connectivity index (χ3v) is 2.70. The summed E-state index contributed by atoms with van der Waals surface area (Å²) in [5.74, 6) is 0.790. The number of carbonyl (C=O) groups excluding carboxylic acids is 1. The van der Waals surface area contributed by atoms with Crippen LogP contribution in [-0.4, -0.2) is 23.4 Å². The highest BCUT2D eigenvalue weighted by molar-refractivity contribution is 5.87. The van der Waals surface area contributed by atoms with E-state index < -0.39 is 0 Å². The van der Waals surface area contributed by atoms with Crippen LogP contribution in [0.15, 0.2) is 36.7 Å². The van der Waals surface area contributed by atoms with Crippen LogP contribution in [-0.2, 0) is 11.3 Å². The minimum absolute atomic E-state index is 0.266. The number of nitrogens with zero attached hydrogens (tertiary/aromatic N) is 3. The SMILES string of the molecule is CNc1ncnc(N)c1N(C=O)Cc1ccccc1. The maximum Gasteiger partial charge on any atom is 0.214 e. The minimum Gasteiger partial charge on any atom is -0.382 e. The van der Waals surface area contributed by atoms with Gasteiger partial charge in [0.2, 0.25) is 6.41 Å². The lowest BCUT2D eigenvalue weighted by molar-refractivity contribution is -0.107. The number of anilines is 3. The highest BCUT2D eigenvalue weighted by atomic mass is 16.1. The second-order valence-electron chi connectivity index (χ2n) is 3.93. The molecule has 2 rings (SSSR count). The van der Waals surface area contributed by atoms with E-state index in [1.807, 2.05) is 30.3 Å². The maximum atomic E-state index is 11.3. The largest absolute Gasteiger partial charge is 0.382 e. The first-order valence-electron chi connectivity index (χ1n) is 5.80. The van der Waals surface area contributed by atoms with E-state index in [2.05, 4.69) is 15.3 Å². The normalized spacial score (nSPS) is 9.95. The molecule has 98 valence electrons. The number of hydrogen-bond donors (Lipinski definition) is 2. The van der Waals surface area contributed by atoms with Crippen LogP contribution in [0.2, 0.25) is 0 Å². The van der Waals surface area contributed by atoms with Gasteiger partial charge in [0.1, 0.15) is 12.0 Å². The molecule has 0 aliphatic rings. The van der Waals surface area contributed by atoms with Crippen molar-refractivity contribution in [2.24, 2.45) is 0 Å². The minimum atomic E-state index is 0.266. The van der Waals surface area contributed by atoms with Crippen molar-refractivity contribution in [3.05, 3.63) is 42.2 Å². The Labute approximate surface area is 111 Å². The molecule has 0 radical (unpaired) electrons. The van der Waals surface area contributed by atoms with Gasteiger partial charge in [-0.05, 0) is 5.56 Å². The second-order valence-corrected chi connectivity index (χ2v) is 3.93. The third-order valence-electron chi connectivity index (χ3n) is 2.70. The molecular formula is C13H15N5O. The summed E-state index contributed by atoms with van der Waals surface area (Å²) in [6.45, 7) is 0.413. The Kier molecular flexibility index (Phi) is 3.92. The van der Waals surface area contributed by atoms with E-state index in [-0.39, 0.29) is 5.82 Å². The van der Waals surface area contributed by atoms with Crippen LogP contribution in [0.4, 0.5) is 17.3 Å². The molecule has 3 N–H and O–H groups in total. The van der Waals surface area contributed by atoms with Crippen LogP contribution in [0, 0.1) is 0 Å². The smallest absolute Gasteiger partial charge is 0.214 e. The molecule has 0 atom stereocenters. The van der Waals surface area contributed by atoms with Crippen LogP contribution in [0.5, 0.6) is 0 Å². The number of nitrogens with two attached hydrogens (primary N) is 1. The van der Waals surface area contributed by atoms with Crippen LogP contribution in [0.25, 0.3) is 0 Å². The summed E-state index contributed by atoms with van der Waals surface area (Å²) in [6, 6.07) is 9.64. The van der Waals surface area contributed by atoms with Crippen molar-refractivity contribution >= 4 is 23.7 Å². The fourth-order valence-corrected chi connectivity index (χ4v) is 1.81. The average molecular weight is 257 g/mol. The van der Waals surface area contributed by atoms with E-state index in [1.54, 1.807) is 7.05 Å². The molecule has 0 bridgehead atoms. The van der Waals surface area contributed by atoms with Gasteiger partial charge in [0.25, 0.3) is 0 Å². The average Bonchev–Trinajstić information content (AvgIpc) is 2.46. The summed E-state index contributed by atoms with van der Waals surface area (Å²) in [4.78, 5) is 20.8. The summed E-state index contributed by atoms with van der Waals surface area (Å²) in [6.07, 6.45) is 2.08. The van der Waals surface area contributed by atoms with Gasteiger partial charge in [-0.15, -0.1) is 0 Å². The van der Waals surface area contributed by atoms with Crippen molar-refractivity contribution < 1.29 is 4.79 Å². The molecule has 0 saturated heterocycles. The standard InChI is InChI=1S/C13H15N5O/c1-15-13-11(12(14)16-8-17-13)18(9-19)7-10-5-3-2-4-6-10/h2-6,8-9H,7H2,1H3,(H3,14,15,16,17). The van der Waals surface area contributed by atoms with Gasteiger partial charge in [-0.25, -0.2) is 9.97 Å². The molecule has 0 unspecified atom stereocenters. The molecule has 1 amide bonds. The summed E-state index contributed by atoms with van der Waals surface area (Å²) >= 11 is 0. The molecule has 6 heteroatoms. The molecule has 0 aliphatic carbocycles. The molecule has 1 aromatic heterocycles. The Morgan fingerprint density at radius 2 is 2.05 bits per heavy atom. The number of benzene rings is 1. The number of hydrogen-bond acceptors (Lipinski definition) is 5. The molecule has 0 spiro atoms. The van der Waals surface area contributed by atoms with E-state index in [4.69, 9.17) is 5.73 Å². The molecule has 2 aromatic rings. The highest BCUT2D eigenvalue weighted by Gasteiger charge is 2.16. The Morgan fingerprint density at radius 1 is 1.32 bits per heavy atom. The predicted octanol–water partition coefficient (Wildman–Crippen LogP) is 1.26. The second kappa shape index (κ2) is 5.81. The van der Waals surface area contributed by atoms with Gasteiger partial charge in [0.05, 0.1) is 6.54 Å². The van der Waals surface area contributed by atoms with Crippen molar-refractivity contribution in [3.63, 3.8) is 0 Å². The van der Waals surface area contributed by atoms with Crippen LogP contribution >= 0.6 is 0 Å². The molecule has 1 heterocycles. The van der Waals surface area contributed by atoms with Gasteiger partial charge in [-0.3, -0.25) is 4.79 Å². The van der Waals surface area contributed by atoms with Gasteiger partial charge in [-0.1, -0.05) is 30.3 Å². The van der Waals surface area contributed by atoms with Crippen molar-refractivity contribution in [3.8, 4) is 0 Å². The Hall–Kier alpha value is -2.63. The maximum absolute atomic E-state index is 11.3. The van der Waals surface area contributed by atoms with E-state index in [0.29, 0.717) is 18.1 Å². The van der Waals surface area contributed by atoms with E-state index in [0.717, 1.165) is 12.0 Å². The summed E-state index contributed by atoms with van der Waals surface area (Å²) in [5.41, 5.74) is 7.32. The van der Waals surface area contributed by atoms with Crippen molar-refractivity contribution in [1.82, 2.24) is 9.97 Å². The van der Waals surface area contributed by atoms with Crippen molar-refractivity contribution in [2.45, 2.75) is 6.54 Å². The van der Waals surface area contributed by atoms with Gasteiger partial charge >= 0.3 is 0 Å². The van der Waals surface area contributed by atoms with Crippen LogP contribution < -0.4 is 16.0 Å². The lowest BCUT2D eigenvalue weighted by Gasteiger charge is -2.20. The van der Waals surface area contributed by atoms with Gasteiger partial charge in [0, 0.05) is 7.05 Å². The van der Waals surface area contributed by atoms with Crippen molar-refractivity contribution in [2.75, 3.05) is 23.0 Å². The quantitative estimate of drug-likeness (QED) is 0.788. The third kappa shape index (κ3) is 2.79. The number of carbonyl (C=O) groups is 1. The van der Waals surface area contributed by atoms with Crippen LogP contribution in [0.3, 0.4) is 0 Å². The zero-order valence-electron chi connectivity index (χ0n) is 10.6. The first kappa shape index (κ1) is 12.8. The number of nitrogen functional groups attached to an aromatic ring is 1. The first-order valence-corrected chi connectivity index (χ1v) is 5.80. The summed E-state index contributed by atoms with van der Waals surface area (Å²) in [5, 5.41) is 2.91. The molecule has 19 heavy (non-hydrogen) atoms. The fraction of sp³-hybridized carbons (Fsp3) is 0.154. The molecule has 0 fully saturated rings. The molecule has 0 aliphatic heterocycles. The molecule has 0 saturated carbocycles. The van der Waals surface area contributed by atoms with Gasteiger partial charge in [-0.2, -0.15) is 0 Å². The lowest BCUT2D eigenvalue weighted by atomic mass is 10.2. The molecular weight excluding hydrogens is 242 g/mol. The number of aromatic nitrogens is 2. The number of amides is 1. The highest BCUT2D eigenvalue weighted by Crippen LogP contribution is 2.28. The van der Waals surface area contributed by atoms with Crippen molar-refractivity contribution in [1.29, 1.82) is 0 Å². The number of rotatable bonds is 5. The first-order chi connectivity index (χ1) is 9.26. The monoisotopic (exact) mass is 257 g/mol. The topological polar surface area (TPSA) is 84.1 Å². The predicted molar refractivity (Wildman–Crippen MR) is 74.7 cm³/mol. The number of nitrogens with one attached hydrogen (secondary N) is 1. The van der Waals surface area contributed by atoms with Crippen LogP contribution in [0.1, 0.15) is 5.56 Å². The fourth-order valence-electron chi connectivity index (χ4n) is 1.81. The zero-order chi connectivity index (χ0) is 13.7. The molecule has 1 aromatic carbocycles. The molecule has 6 nitrogen and oxygen atoms in total. The Balaban J connectivity index is 2.35. The van der Waals surface area contributed by atoms with Gasteiger partial charge < -0.3 is 16.0 Å². The summed E-state index contributed by atoms with van der Waals surface area (Å²) < 4.78 is 0. The zero-order valence-corrected chi connectivity index (χ0v) is 10.6. The van der Waals surface area contributed by atoms with Gasteiger partial charge in [0.15, 0.2) is 11.6 Å². The Morgan fingerprint density at radius 3 is 2.68 bits per heavy atom. The lowest BCUT2D eigenvalue weighted by Crippen LogP contribution is -2.23.